The molecule has 4 nitrogen and oxygen atoms in total. The fraction of sp³-hybridized carbons (Fsp3) is 0.0625. The zero-order chi connectivity index (χ0) is 13.9. The summed E-state index contributed by atoms with van der Waals surface area (Å²) < 4.78 is 1.78. The van der Waals surface area contributed by atoms with Crippen LogP contribution in [0.2, 0.25) is 0 Å². The summed E-state index contributed by atoms with van der Waals surface area (Å²) in [6.45, 7) is 2.03. The lowest BCUT2D eigenvalue weighted by Crippen LogP contribution is -1.99. The van der Waals surface area contributed by atoms with Crippen molar-refractivity contribution in [1.82, 2.24) is 14.8 Å². The summed E-state index contributed by atoms with van der Waals surface area (Å²) in [5.74, 6) is 0. The maximum atomic E-state index is 9.08. The topological polar surface area (TPSA) is 54.5 Å². The summed E-state index contributed by atoms with van der Waals surface area (Å²) >= 11 is 0. The Balaban J connectivity index is 2.21. The quantitative estimate of drug-likeness (QED) is 0.711. The van der Waals surface area contributed by atoms with Gasteiger partial charge in [-0.15, -0.1) is 0 Å². The Labute approximate surface area is 116 Å². The highest BCUT2D eigenvalue weighted by atomic mass is 15.3. The molecule has 0 atom stereocenters. The molecule has 1 aromatic carbocycles. The van der Waals surface area contributed by atoms with Crippen molar-refractivity contribution in [2.24, 2.45) is 0 Å². The molecule has 3 aromatic rings. The van der Waals surface area contributed by atoms with E-state index < -0.39 is 0 Å². The van der Waals surface area contributed by atoms with Gasteiger partial charge in [0.2, 0.25) is 0 Å². The monoisotopic (exact) mass is 260 g/mol. The predicted octanol–water partition coefficient (Wildman–Crippen LogP) is 3.11. The molecular formula is C16H12N4. The van der Waals surface area contributed by atoms with Crippen LogP contribution >= 0.6 is 0 Å². The highest BCUT2D eigenvalue weighted by Crippen LogP contribution is 2.23. The number of pyridine rings is 1. The number of nitrogens with zero attached hydrogens (tertiary/aromatic N) is 4. The summed E-state index contributed by atoms with van der Waals surface area (Å²) in [5, 5.41) is 13.4. The van der Waals surface area contributed by atoms with E-state index in [-0.39, 0.29) is 0 Å². The van der Waals surface area contributed by atoms with Gasteiger partial charge in [-0.25, -0.2) is 4.68 Å². The van der Waals surface area contributed by atoms with Gasteiger partial charge in [-0.3, -0.25) is 4.98 Å². The molecule has 20 heavy (non-hydrogen) atoms. The van der Waals surface area contributed by atoms with Gasteiger partial charge in [0.05, 0.1) is 11.4 Å². The molecule has 0 saturated carbocycles. The second-order valence-corrected chi connectivity index (χ2v) is 4.52. The van der Waals surface area contributed by atoms with Crippen LogP contribution in [0.4, 0.5) is 0 Å². The Hall–Kier alpha value is -2.93. The fourth-order valence-corrected chi connectivity index (χ4v) is 2.11. The summed E-state index contributed by atoms with van der Waals surface area (Å²) in [4.78, 5) is 4.12. The second-order valence-electron chi connectivity index (χ2n) is 4.52. The molecule has 0 bridgehead atoms. The molecule has 0 spiro atoms. The Morgan fingerprint density at radius 2 is 2.05 bits per heavy atom. The molecule has 2 aromatic heterocycles. The van der Waals surface area contributed by atoms with Crippen LogP contribution in [0.25, 0.3) is 16.9 Å². The Kier molecular flexibility index (Phi) is 3.02. The lowest BCUT2D eigenvalue weighted by Gasteiger charge is -2.07. The molecule has 0 N–H and O–H groups in total. The van der Waals surface area contributed by atoms with Gasteiger partial charge in [-0.05, 0) is 36.8 Å². The molecule has 0 amide bonds. The van der Waals surface area contributed by atoms with E-state index >= 15 is 0 Å². The van der Waals surface area contributed by atoms with Crippen molar-refractivity contribution < 1.29 is 0 Å². The standard InChI is InChI=1S/C16H12N4/c1-12-4-2-6-15(8-12)20-16(9-14(10-17)19-20)13-5-3-7-18-11-13/h2-9,11H,1H3. The third-order valence-corrected chi connectivity index (χ3v) is 3.03. The van der Waals surface area contributed by atoms with Gasteiger partial charge in [0.1, 0.15) is 6.07 Å². The molecule has 0 aliphatic carbocycles. The average molecular weight is 260 g/mol. The van der Waals surface area contributed by atoms with Crippen molar-refractivity contribution in [1.29, 1.82) is 5.26 Å². The van der Waals surface area contributed by atoms with Gasteiger partial charge in [-0.1, -0.05) is 12.1 Å². The molecular weight excluding hydrogens is 248 g/mol. The molecule has 0 fully saturated rings. The summed E-state index contributed by atoms with van der Waals surface area (Å²) in [6, 6.07) is 15.7. The molecule has 0 saturated heterocycles. The number of aryl methyl sites for hydroxylation is 1. The summed E-state index contributed by atoms with van der Waals surface area (Å²) in [6.07, 6.45) is 3.49. The van der Waals surface area contributed by atoms with Crippen LogP contribution in [-0.4, -0.2) is 14.8 Å². The van der Waals surface area contributed by atoms with Gasteiger partial charge < -0.3 is 0 Å². The van der Waals surface area contributed by atoms with E-state index in [0.29, 0.717) is 5.69 Å². The van der Waals surface area contributed by atoms with E-state index in [0.717, 1.165) is 22.5 Å². The molecule has 0 aliphatic heterocycles. The minimum atomic E-state index is 0.394. The first-order valence-electron chi connectivity index (χ1n) is 6.25. The van der Waals surface area contributed by atoms with Gasteiger partial charge in [0.25, 0.3) is 0 Å². The predicted molar refractivity (Wildman–Crippen MR) is 76.2 cm³/mol. The van der Waals surface area contributed by atoms with Crippen molar-refractivity contribution >= 4 is 0 Å². The van der Waals surface area contributed by atoms with Crippen molar-refractivity contribution in [2.75, 3.05) is 0 Å². The van der Waals surface area contributed by atoms with E-state index in [1.54, 1.807) is 23.1 Å². The minimum Gasteiger partial charge on any atom is -0.264 e. The number of aromatic nitrogens is 3. The highest BCUT2D eigenvalue weighted by molar-refractivity contribution is 5.62. The molecule has 2 heterocycles. The molecule has 0 unspecified atom stereocenters. The van der Waals surface area contributed by atoms with E-state index in [2.05, 4.69) is 16.2 Å². The zero-order valence-corrected chi connectivity index (χ0v) is 11.0. The average Bonchev–Trinajstić information content (AvgIpc) is 2.92. The maximum Gasteiger partial charge on any atom is 0.163 e. The SMILES string of the molecule is Cc1cccc(-n2nc(C#N)cc2-c2cccnc2)c1. The van der Waals surface area contributed by atoms with E-state index in [1.165, 1.54) is 0 Å². The van der Waals surface area contributed by atoms with Gasteiger partial charge in [0, 0.05) is 24.0 Å². The van der Waals surface area contributed by atoms with Crippen LogP contribution in [0, 0.1) is 18.3 Å². The normalized spacial score (nSPS) is 10.2. The first-order valence-corrected chi connectivity index (χ1v) is 6.25. The Morgan fingerprint density at radius 3 is 2.75 bits per heavy atom. The minimum absolute atomic E-state index is 0.394. The zero-order valence-electron chi connectivity index (χ0n) is 11.0. The Morgan fingerprint density at radius 1 is 1.15 bits per heavy atom. The van der Waals surface area contributed by atoms with Crippen molar-refractivity contribution in [2.45, 2.75) is 6.92 Å². The van der Waals surface area contributed by atoms with Crippen LogP contribution in [0.5, 0.6) is 0 Å². The molecule has 0 radical (unpaired) electrons. The number of hydrogen-bond acceptors (Lipinski definition) is 3. The van der Waals surface area contributed by atoms with Gasteiger partial charge in [0.15, 0.2) is 5.69 Å². The van der Waals surface area contributed by atoms with Gasteiger partial charge >= 0.3 is 0 Å². The number of nitriles is 1. The van der Waals surface area contributed by atoms with Crippen LogP contribution in [0.1, 0.15) is 11.3 Å². The van der Waals surface area contributed by atoms with Crippen molar-refractivity contribution in [3.05, 3.63) is 66.1 Å². The molecule has 3 rings (SSSR count). The lowest BCUT2D eigenvalue weighted by molar-refractivity contribution is 0.878. The lowest BCUT2D eigenvalue weighted by atomic mass is 10.2. The van der Waals surface area contributed by atoms with Crippen LogP contribution in [-0.2, 0) is 0 Å². The van der Waals surface area contributed by atoms with Crippen molar-refractivity contribution in [3.63, 3.8) is 0 Å². The largest absolute Gasteiger partial charge is 0.264 e. The van der Waals surface area contributed by atoms with Crippen LogP contribution in [0.3, 0.4) is 0 Å². The molecule has 0 aliphatic rings. The molecule has 4 heteroatoms. The smallest absolute Gasteiger partial charge is 0.163 e. The number of benzene rings is 1. The first-order chi connectivity index (χ1) is 9.78. The third kappa shape index (κ3) is 2.17. The third-order valence-electron chi connectivity index (χ3n) is 3.03. The number of hydrogen-bond donors (Lipinski definition) is 0. The maximum absolute atomic E-state index is 9.08. The Bertz CT molecular complexity index is 782. The fourth-order valence-electron chi connectivity index (χ4n) is 2.11. The summed E-state index contributed by atoms with van der Waals surface area (Å²) in [5.41, 5.74) is 4.27. The molecule has 96 valence electrons. The van der Waals surface area contributed by atoms with Crippen LogP contribution < -0.4 is 0 Å². The number of rotatable bonds is 2. The van der Waals surface area contributed by atoms with E-state index in [4.69, 9.17) is 5.26 Å². The van der Waals surface area contributed by atoms with Crippen LogP contribution in [0.15, 0.2) is 54.9 Å². The van der Waals surface area contributed by atoms with E-state index in [1.807, 2.05) is 43.3 Å². The summed E-state index contributed by atoms with van der Waals surface area (Å²) in [7, 11) is 0. The highest BCUT2D eigenvalue weighted by Gasteiger charge is 2.11. The second kappa shape index (κ2) is 4.98. The first kappa shape index (κ1) is 12.1. The van der Waals surface area contributed by atoms with E-state index in [9.17, 15) is 0 Å². The van der Waals surface area contributed by atoms with Crippen molar-refractivity contribution in [3.8, 4) is 23.0 Å². The van der Waals surface area contributed by atoms with Gasteiger partial charge in [-0.2, -0.15) is 10.4 Å².